The first kappa shape index (κ1) is 14.4. The van der Waals surface area contributed by atoms with E-state index >= 15 is 0 Å². The van der Waals surface area contributed by atoms with E-state index in [9.17, 15) is 5.11 Å². The lowest BCUT2D eigenvalue weighted by Gasteiger charge is -2.32. The molecule has 0 unspecified atom stereocenters. The number of para-hydroxylation sites is 1. The van der Waals surface area contributed by atoms with Crippen molar-refractivity contribution in [3.05, 3.63) is 29.8 Å². The predicted octanol–water partition coefficient (Wildman–Crippen LogP) is 3.42. The second-order valence-corrected chi connectivity index (χ2v) is 6.21. The van der Waals surface area contributed by atoms with Gasteiger partial charge in [0.15, 0.2) is 0 Å². The number of phenolic OH excluding ortho intramolecular Hbond substituents is 1. The molecule has 1 fully saturated rings. The first-order chi connectivity index (χ1) is 8.82. The highest BCUT2D eigenvalue weighted by Crippen LogP contribution is 2.38. The van der Waals surface area contributed by atoms with Crippen molar-refractivity contribution in [2.75, 3.05) is 0 Å². The Kier molecular flexibility index (Phi) is 3.93. The van der Waals surface area contributed by atoms with Gasteiger partial charge in [-0.15, -0.1) is 0 Å². The van der Waals surface area contributed by atoms with Gasteiger partial charge < -0.3 is 14.4 Å². The van der Waals surface area contributed by atoms with E-state index in [1.165, 1.54) is 0 Å². The molecule has 0 aromatic heterocycles. The van der Waals surface area contributed by atoms with Gasteiger partial charge in [-0.2, -0.15) is 0 Å². The topological polar surface area (TPSA) is 38.7 Å². The molecule has 0 amide bonds. The van der Waals surface area contributed by atoms with Gasteiger partial charge in [-0.25, -0.2) is 0 Å². The number of aromatic hydroxyl groups is 1. The maximum absolute atomic E-state index is 9.71. The third kappa shape index (κ3) is 3.12. The summed E-state index contributed by atoms with van der Waals surface area (Å²) in [5, 5.41) is 9.71. The minimum Gasteiger partial charge on any atom is -0.508 e. The SMILES string of the molecule is CC1(C)OB(CCCc2ccccc2O)OC1(C)C. The Balaban J connectivity index is 1.84. The minimum atomic E-state index is -0.257. The number of benzene rings is 1. The largest absolute Gasteiger partial charge is 0.508 e. The number of rotatable bonds is 4. The average Bonchev–Trinajstić information content (AvgIpc) is 2.50. The molecule has 0 saturated carbocycles. The van der Waals surface area contributed by atoms with Crippen molar-refractivity contribution in [2.24, 2.45) is 0 Å². The van der Waals surface area contributed by atoms with Crippen molar-refractivity contribution in [1.29, 1.82) is 0 Å². The molecule has 1 aromatic carbocycles. The van der Waals surface area contributed by atoms with Gasteiger partial charge in [0.25, 0.3) is 0 Å². The molecule has 2 rings (SSSR count). The van der Waals surface area contributed by atoms with E-state index in [1.807, 2.05) is 18.2 Å². The Labute approximate surface area is 116 Å². The summed E-state index contributed by atoms with van der Waals surface area (Å²) in [7, 11) is -0.143. The molecule has 0 spiro atoms. The summed E-state index contributed by atoms with van der Waals surface area (Å²) >= 11 is 0. The Morgan fingerprint density at radius 2 is 1.63 bits per heavy atom. The maximum atomic E-state index is 9.71. The molecule has 0 aliphatic carbocycles. The molecule has 1 aromatic rings. The second kappa shape index (κ2) is 5.18. The number of hydrogen-bond donors (Lipinski definition) is 1. The summed E-state index contributed by atoms with van der Waals surface area (Å²) < 4.78 is 11.9. The van der Waals surface area contributed by atoms with E-state index in [0.29, 0.717) is 5.75 Å². The standard InChI is InChI=1S/C15H23BO3/c1-14(2)15(3,4)19-16(18-14)11-7-9-12-8-5-6-10-13(12)17/h5-6,8,10,17H,7,9,11H2,1-4H3. The number of hydrogen-bond acceptors (Lipinski definition) is 3. The van der Waals surface area contributed by atoms with Gasteiger partial charge in [0.1, 0.15) is 5.75 Å². The van der Waals surface area contributed by atoms with Crippen molar-refractivity contribution >= 4 is 7.12 Å². The zero-order chi connectivity index (χ0) is 14.1. The third-order valence-electron chi connectivity index (χ3n) is 4.18. The van der Waals surface area contributed by atoms with Gasteiger partial charge in [-0.1, -0.05) is 24.6 Å². The fourth-order valence-electron chi connectivity index (χ4n) is 2.26. The Bertz CT molecular complexity index is 427. The first-order valence-corrected chi connectivity index (χ1v) is 6.94. The maximum Gasteiger partial charge on any atom is 0.457 e. The van der Waals surface area contributed by atoms with Crippen molar-refractivity contribution < 1.29 is 14.4 Å². The smallest absolute Gasteiger partial charge is 0.457 e. The third-order valence-corrected chi connectivity index (χ3v) is 4.18. The summed E-state index contributed by atoms with van der Waals surface area (Å²) in [5.41, 5.74) is 0.470. The zero-order valence-corrected chi connectivity index (χ0v) is 12.3. The molecular weight excluding hydrogens is 239 g/mol. The van der Waals surface area contributed by atoms with E-state index in [-0.39, 0.29) is 18.3 Å². The highest BCUT2D eigenvalue weighted by Gasteiger charge is 2.50. The monoisotopic (exact) mass is 262 g/mol. The normalized spacial score (nSPS) is 20.7. The van der Waals surface area contributed by atoms with Gasteiger partial charge in [-0.05, 0) is 52.1 Å². The number of aryl methyl sites for hydroxylation is 1. The summed E-state index contributed by atoms with van der Waals surface area (Å²) in [5.74, 6) is 0.372. The van der Waals surface area contributed by atoms with Gasteiger partial charge in [-0.3, -0.25) is 0 Å². The summed E-state index contributed by atoms with van der Waals surface area (Å²) in [4.78, 5) is 0. The Hall–Kier alpha value is -0.995. The average molecular weight is 262 g/mol. The quantitative estimate of drug-likeness (QED) is 0.845. The highest BCUT2D eigenvalue weighted by atomic mass is 16.7. The van der Waals surface area contributed by atoms with Gasteiger partial charge in [0, 0.05) is 0 Å². The summed E-state index contributed by atoms with van der Waals surface area (Å²) in [6, 6.07) is 7.47. The molecule has 1 saturated heterocycles. The number of phenols is 1. The van der Waals surface area contributed by atoms with E-state index in [1.54, 1.807) is 6.07 Å². The molecule has 0 bridgehead atoms. The van der Waals surface area contributed by atoms with Crippen molar-refractivity contribution in [1.82, 2.24) is 0 Å². The van der Waals surface area contributed by atoms with Crippen LogP contribution >= 0.6 is 0 Å². The zero-order valence-electron chi connectivity index (χ0n) is 12.3. The van der Waals surface area contributed by atoms with Crippen LogP contribution in [0.3, 0.4) is 0 Å². The molecule has 1 aliphatic rings. The molecule has 1 aliphatic heterocycles. The van der Waals surface area contributed by atoms with Crippen LogP contribution in [-0.4, -0.2) is 23.4 Å². The fraction of sp³-hybridized carbons (Fsp3) is 0.600. The lowest BCUT2D eigenvalue weighted by Crippen LogP contribution is -2.41. The molecule has 1 N–H and O–H groups in total. The van der Waals surface area contributed by atoms with Crippen LogP contribution in [0.4, 0.5) is 0 Å². The molecule has 19 heavy (non-hydrogen) atoms. The van der Waals surface area contributed by atoms with Gasteiger partial charge in [0.2, 0.25) is 0 Å². The molecular formula is C15H23BO3. The van der Waals surface area contributed by atoms with Crippen LogP contribution < -0.4 is 0 Å². The molecule has 4 heteroatoms. The van der Waals surface area contributed by atoms with E-state index in [4.69, 9.17) is 9.31 Å². The minimum absolute atomic E-state index is 0.143. The van der Waals surface area contributed by atoms with Crippen molar-refractivity contribution in [2.45, 2.75) is 58.1 Å². The van der Waals surface area contributed by atoms with Crippen LogP contribution in [0.25, 0.3) is 0 Å². The van der Waals surface area contributed by atoms with Crippen LogP contribution in [0.2, 0.25) is 6.32 Å². The molecule has 104 valence electrons. The second-order valence-electron chi connectivity index (χ2n) is 6.21. The summed E-state index contributed by atoms with van der Waals surface area (Å²) in [6.07, 6.45) is 2.63. The van der Waals surface area contributed by atoms with Gasteiger partial charge in [0.05, 0.1) is 11.2 Å². The molecule has 3 nitrogen and oxygen atoms in total. The Morgan fingerprint density at radius 3 is 2.21 bits per heavy atom. The molecule has 1 heterocycles. The van der Waals surface area contributed by atoms with Crippen LogP contribution in [0.1, 0.15) is 39.7 Å². The van der Waals surface area contributed by atoms with Crippen molar-refractivity contribution in [3.63, 3.8) is 0 Å². The predicted molar refractivity (Wildman–Crippen MR) is 77.3 cm³/mol. The molecule has 0 radical (unpaired) electrons. The fourth-order valence-corrected chi connectivity index (χ4v) is 2.26. The highest BCUT2D eigenvalue weighted by molar-refractivity contribution is 6.45. The summed E-state index contributed by atoms with van der Waals surface area (Å²) in [6.45, 7) is 8.26. The lowest BCUT2D eigenvalue weighted by molar-refractivity contribution is 0.00578. The van der Waals surface area contributed by atoms with Crippen LogP contribution in [0.15, 0.2) is 24.3 Å². The van der Waals surface area contributed by atoms with Crippen LogP contribution in [0.5, 0.6) is 5.75 Å². The Morgan fingerprint density at radius 1 is 1.05 bits per heavy atom. The van der Waals surface area contributed by atoms with Crippen molar-refractivity contribution in [3.8, 4) is 5.75 Å². The van der Waals surface area contributed by atoms with E-state index < -0.39 is 0 Å². The van der Waals surface area contributed by atoms with Gasteiger partial charge >= 0.3 is 7.12 Å². The van der Waals surface area contributed by atoms with Crippen LogP contribution in [0, 0.1) is 0 Å². The lowest BCUT2D eigenvalue weighted by atomic mass is 9.82. The van der Waals surface area contributed by atoms with E-state index in [0.717, 1.165) is 24.7 Å². The first-order valence-electron chi connectivity index (χ1n) is 6.94. The molecule has 0 atom stereocenters. The van der Waals surface area contributed by atoms with E-state index in [2.05, 4.69) is 27.7 Å². The van der Waals surface area contributed by atoms with Crippen LogP contribution in [-0.2, 0) is 15.7 Å².